The first-order valence-electron chi connectivity index (χ1n) is 12.3. The molecule has 0 spiro atoms. The van der Waals surface area contributed by atoms with Gasteiger partial charge in [0.1, 0.15) is 12.1 Å². The number of amides is 1. The Morgan fingerprint density at radius 2 is 1.79 bits per heavy atom. The molecular weight excluding hydrogens is 441 g/mol. The molecule has 1 N–H and O–H groups in total. The minimum absolute atomic E-state index is 0.0486. The molecule has 4 aliphatic carbocycles. The maximum Gasteiger partial charge on any atom is 0.416 e. The summed E-state index contributed by atoms with van der Waals surface area (Å²) in [5, 5.41) is 3.65. The van der Waals surface area contributed by atoms with Crippen molar-refractivity contribution in [2.24, 2.45) is 23.2 Å². The summed E-state index contributed by atoms with van der Waals surface area (Å²) >= 11 is 0. The number of benzene rings is 1. The van der Waals surface area contributed by atoms with Gasteiger partial charge in [0.05, 0.1) is 17.8 Å². The van der Waals surface area contributed by atoms with Crippen molar-refractivity contribution in [3.05, 3.63) is 53.0 Å². The number of anilines is 1. The number of alkyl halides is 3. The van der Waals surface area contributed by atoms with Crippen molar-refractivity contribution in [2.45, 2.75) is 57.7 Å². The Kier molecular flexibility index (Phi) is 5.12. The Labute approximate surface area is 197 Å². The maximum atomic E-state index is 13.1. The molecule has 1 aromatic carbocycles. The lowest BCUT2D eigenvalue weighted by molar-refractivity contribution is -0.137. The highest BCUT2D eigenvalue weighted by Crippen LogP contribution is 2.60. The smallest absolute Gasteiger partial charge is 0.369 e. The van der Waals surface area contributed by atoms with Crippen molar-refractivity contribution in [1.82, 2.24) is 14.9 Å². The summed E-state index contributed by atoms with van der Waals surface area (Å²) in [4.78, 5) is 23.5. The van der Waals surface area contributed by atoms with Crippen molar-refractivity contribution in [1.29, 1.82) is 0 Å². The predicted molar refractivity (Wildman–Crippen MR) is 121 cm³/mol. The molecule has 2 aromatic rings. The zero-order valence-electron chi connectivity index (χ0n) is 19.1. The van der Waals surface area contributed by atoms with E-state index in [9.17, 15) is 18.0 Å². The van der Waals surface area contributed by atoms with Crippen LogP contribution in [0.3, 0.4) is 0 Å². The van der Waals surface area contributed by atoms with E-state index in [0.29, 0.717) is 18.4 Å². The van der Waals surface area contributed by atoms with Crippen LogP contribution in [0.5, 0.6) is 0 Å². The zero-order valence-corrected chi connectivity index (χ0v) is 19.1. The number of aromatic nitrogens is 2. The fraction of sp³-hybridized carbons (Fsp3) is 0.577. The van der Waals surface area contributed by atoms with Crippen LogP contribution in [-0.4, -0.2) is 33.9 Å². The van der Waals surface area contributed by atoms with E-state index in [1.165, 1.54) is 57.0 Å². The van der Waals surface area contributed by atoms with E-state index < -0.39 is 17.6 Å². The second-order valence-corrected chi connectivity index (χ2v) is 11.0. The standard InChI is InChI=1S/C26H29F3N4O/c27-26(28,29)20-3-1-2-19(9-20)24(34)33-5-4-21-22(13-33)31-15-32-23(21)30-14-25-10-16-6-17(11-25)8-18(7-16)12-25/h1-3,9,15-18H,4-8,10-14H2,(H,30,31,32). The average molecular weight is 471 g/mol. The summed E-state index contributed by atoms with van der Waals surface area (Å²) in [6.07, 6.45) is 5.84. The van der Waals surface area contributed by atoms with Gasteiger partial charge >= 0.3 is 6.18 Å². The van der Waals surface area contributed by atoms with Crippen molar-refractivity contribution in [2.75, 3.05) is 18.4 Å². The molecule has 1 amide bonds. The summed E-state index contributed by atoms with van der Waals surface area (Å²) in [6, 6.07) is 4.63. The number of fused-ring (bicyclic) bond motifs is 1. The summed E-state index contributed by atoms with van der Waals surface area (Å²) in [7, 11) is 0. The second-order valence-electron chi connectivity index (χ2n) is 11.0. The molecule has 7 rings (SSSR count). The molecule has 8 heteroatoms. The lowest BCUT2D eigenvalue weighted by atomic mass is 9.49. The number of hydrogen-bond donors (Lipinski definition) is 1. The topological polar surface area (TPSA) is 58.1 Å². The molecule has 4 bridgehead atoms. The molecule has 0 radical (unpaired) electrons. The van der Waals surface area contributed by atoms with Gasteiger partial charge in [-0.15, -0.1) is 0 Å². The Hall–Kier alpha value is -2.64. The van der Waals surface area contributed by atoms with E-state index in [-0.39, 0.29) is 12.1 Å². The summed E-state index contributed by atoms with van der Waals surface area (Å²) in [6.45, 7) is 1.65. The van der Waals surface area contributed by atoms with Crippen molar-refractivity contribution >= 4 is 11.7 Å². The molecule has 0 unspecified atom stereocenters. The van der Waals surface area contributed by atoms with Gasteiger partial charge in [-0.3, -0.25) is 4.79 Å². The highest BCUT2D eigenvalue weighted by molar-refractivity contribution is 5.94. The summed E-state index contributed by atoms with van der Waals surface area (Å²) < 4.78 is 39.2. The Morgan fingerprint density at radius 1 is 1.09 bits per heavy atom. The number of carbonyl (C=O) groups excluding carboxylic acids is 1. The first-order valence-corrected chi connectivity index (χ1v) is 12.3. The minimum atomic E-state index is -4.48. The molecule has 1 aliphatic heterocycles. The quantitative estimate of drug-likeness (QED) is 0.657. The van der Waals surface area contributed by atoms with Gasteiger partial charge in [-0.05, 0) is 86.3 Å². The lowest BCUT2D eigenvalue weighted by Crippen LogP contribution is -2.49. The van der Waals surface area contributed by atoms with Crippen LogP contribution >= 0.6 is 0 Å². The fourth-order valence-electron chi connectivity index (χ4n) is 7.47. The molecule has 5 aliphatic rings. The molecule has 0 atom stereocenters. The van der Waals surface area contributed by atoms with Crippen molar-refractivity contribution < 1.29 is 18.0 Å². The SMILES string of the molecule is O=C(c1cccc(C(F)(F)F)c1)N1CCc2c(ncnc2NCC23CC4CC(CC(C4)C2)C3)C1. The molecule has 4 fully saturated rings. The second kappa shape index (κ2) is 7.95. The molecule has 5 nitrogen and oxygen atoms in total. The number of halogens is 3. The van der Waals surface area contributed by atoms with E-state index in [2.05, 4.69) is 15.3 Å². The van der Waals surface area contributed by atoms with Crippen LogP contribution in [0.15, 0.2) is 30.6 Å². The van der Waals surface area contributed by atoms with Gasteiger partial charge in [0.15, 0.2) is 0 Å². The molecule has 180 valence electrons. The Bertz CT molecular complexity index is 1080. The van der Waals surface area contributed by atoms with E-state index in [4.69, 9.17) is 0 Å². The first kappa shape index (κ1) is 21.9. The number of carbonyl (C=O) groups is 1. The van der Waals surface area contributed by atoms with Gasteiger partial charge in [0.2, 0.25) is 0 Å². The van der Waals surface area contributed by atoms with Crippen LogP contribution in [0.1, 0.15) is 65.7 Å². The van der Waals surface area contributed by atoms with Crippen LogP contribution in [-0.2, 0) is 19.1 Å². The first-order chi connectivity index (χ1) is 16.3. The van der Waals surface area contributed by atoms with Crippen LogP contribution < -0.4 is 5.32 Å². The Morgan fingerprint density at radius 3 is 2.47 bits per heavy atom. The lowest BCUT2D eigenvalue weighted by Gasteiger charge is -2.57. The zero-order chi connectivity index (χ0) is 23.5. The third-order valence-electron chi connectivity index (χ3n) is 8.53. The number of nitrogens with zero attached hydrogens (tertiary/aromatic N) is 3. The van der Waals surface area contributed by atoms with Crippen LogP contribution in [0.4, 0.5) is 19.0 Å². The third kappa shape index (κ3) is 3.95. The number of nitrogens with one attached hydrogen (secondary N) is 1. The predicted octanol–water partition coefficient (Wildman–Crippen LogP) is 5.32. The monoisotopic (exact) mass is 470 g/mol. The van der Waals surface area contributed by atoms with E-state index in [1.54, 1.807) is 4.90 Å². The van der Waals surface area contributed by atoms with Gasteiger partial charge in [-0.25, -0.2) is 9.97 Å². The summed E-state index contributed by atoms with van der Waals surface area (Å²) in [5.41, 5.74) is 1.42. The molecule has 4 saturated carbocycles. The summed E-state index contributed by atoms with van der Waals surface area (Å²) in [5.74, 6) is 3.12. The maximum absolute atomic E-state index is 13.1. The highest BCUT2D eigenvalue weighted by atomic mass is 19.4. The van der Waals surface area contributed by atoms with Crippen molar-refractivity contribution in [3.8, 4) is 0 Å². The van der Waals surface area contributed by atoms with Gasteiger partial charge in [-0.1, -0.05) is 6.07 Å². The van der Waals surface area contributed by atoms with Crippen molar-refractivity contribution in [3.63, 3.8) is 0 Å². The number of hydrogen-bond acceptors (Lipinski definition) is 4. The number of rotatable bonds is 4. The Balaban J connectivity index is 1.16. The van der Waals surface area contributed by atoms with Crippen LogP contribution in [0.25, 0.3) is 0 Å². The van der Waals surface area contributed by atoms with E-state index >= 15 is 0 Å². The van der Waals surface area contributed by atoms with Gasteiger partial charge in [0, 0.05) is 24.2 Å². The van der Waals surface area contributed by atoms with Gasteiger partial charge in [-0.2, -0.15) is 13.2 Å². The fourth-order valence-corrected chi connectivity index (χ4v) is 7.47. The third-order valence-corrected chi connectivity index (χ3v) is 8.53. The molecule has 2 heterocycles. The van der Waals surface area contributed by atoms with Crippen LogP contribution in [0, 0.1) is 23.2 Å². The molecule has 34 heavy (non-hydrogen) atoms. The minimum Gasteiger partial charge on any atom is -0.369 e. The molecular formula is C26H29F3N4O. The molecule has 1 aromatic heterocycles. The van der Waals surface area contributed by atoms with Crippen LogP contribution in [0.2, 0.25) is 0 Å². The van der Waals surface area contributed by atoms with E-state index in [0.717, 1.165) is 53.5 Å². The largest absolute Gasteiger partial charge is 0.416 e. The van der Waals surface area contributed by atoms with E-state index in [1.807, 2.05) is 0 Å². The van der Waals surface area contributed by atoms with Gasteiger partial charge < -0.3 is 10.2 Å². The normalized spacial score (nSPS) is 29.7. The van der Waals surface area contributed by atoms with Gasteiger partial charge in [0.25, 0.3) is 5.91 Å². The average Bonchev–Trinajstić information content (AvgIpc) is 2.80. The highest BCUT2D eigenvalue weighted by Gasteiger charge is 2.50. The molecule has 0 saturated heterocycles.